The molecule has 0 spiro atoms. The van der Waals surface area contributed by atoms with Crippen molar-refractivity contribution in [1.29, 1.82) is 0 Å². The number of benzene rings is 3. The molecule has 3 aromatic rings. The molecule has 4 heteroatoms. The average molecular weight is 488 g/mol. The predicted molar refractivity (Wildman–Crippen MR) is 147 cm³/mol. The van der Waals surface area contributed by atoms with Gasteiger partial charge in [-0.1, -0.05) is 72.8 Å². The molecule has 3 rings (SSSR count). The highest BCUT2D eigenvalue weighted by Crippen LogP contribution is 2.36. The van der Waals surface area contributed by atoms with Crippen LogP contribution in [0.5, 0.6) is 5.75 Å². The van der Waals surface area contributed by atoms with Gasteiger partial charge in [0.1, 0.15) is 17.0 Å². The Kier molecular flexibility index (Phi) is 8.97. The summed E-state index contributed by atoms with van der Waals surface area (Å²) >= 11 is 0. The van der Waals surface area contributed by atoms with Crippen molar-refractivity contribution in [2.45, 2.75) is 84.7 Å². The molecule has 0 aliphatic heterocycles. The lowest BCUT2D eigenvalue weighted by Gasteiger charge is -2.37. The first-order chi connectivity index (χ1) is 16.9. The largest absolute Gasteiger partial charge is 0.488 e. The van der Waals surface area contributed by atoms with E-state index in [1.807, 2.05) is 65.8 Å². The molecule has 0 unspecified atom stereocenters. The first-order valence-corrected chi connectivity index (χ1v) is 12.8. The molecule has 3 aromatic carbocycles. The summed E-state index contributed by atoms with van der Waals surface area (Å²) in [6.07, 6.45) is 0.236. The maximum atomic E-state index is 13.2. The van der Waals surface area contributed by atoms with Gasteiger partial charge < -0.3 is 9.47 Å². The Morgan fingerprint density at radius 1 is 0.778 bits per heavy atom. The second-order valence-corrected chi connectivity index (χ2v) is 11.3. The third kappa shape index (κ3) is 8.53. The minimum absolute atomic E-state index is 0.0611. The topological polar surface area (TPSA) is 38.8 Å². The number of ether oxygens (including phenoxy) is 2. The fourth-order valence-electron chi connectivity index (χ4n) is 4.34. The van der Waals surface area contributed by atoms with Crippen LogP contribution in [0.2, 0.25) is 0 Å². The summed E-state index contributed by atoms with van der Waals surface area (Å²) < 4.78 is 12.0. The van der Waals surface area contributed by atoms with E-state index in [0.29, 0.717) is 6.54 Å². The third-order valence-electron chi connectivity index (χ3n) is 5.83. The maximum absolute atomic E-state index is 13.2. The quantitative estimate of drug-likeness (QED) is 0.288. The summed E-state index contributed by atoms with van der Waals surface area (Å²) in [5, 5.41) is 0. The van der Waals surface area contributed by atoms with Crippen molar-refractivity contribution in [1.82, 2.24) is 4.90 Å². The van der Waals surface area contributed by atoms with Crippen molar-refractivity contribution in [2.75, 3.05) is 0 Å². The first-order valence-electron chi connectivity index (χ1n) is 12.8. The Morgan fingerprint density at radius 3 is 1.94 bits per heavy atom. The molecule has 0 heterocycles. The van der Waals surface area contributed by atoms with Crippen LogP contribution in [0, 0.1) is 0 Å². The Hall–Kier alpha value is -3.11. The molecule has 0 aliphatic carbocycles. The van der Waals surface area contributed by atoms with Gasteiger partial charge >= 0.3 is 5.97 Å². The summed E-state index contributed by atoms with van der Waals surface area (Å²) in [6, 6.07) is 28.8. The molecule has 0 aliphatic rings. The third-order valence-corrected chi connectivity index (χ3v) is 5.83. The van der Waals surface area contributed by atoms with Crippen LogP contribution in [0.25, 0.3) is 0 Å². The summed E-state index contributed by atoms with van der Waals surface area (Å²) in [4.78, 5) is 15.6. The van der Waals surface area contributed by atoms with Crippen LogP contribution in [-0.4, -0.2) is 22.1 Å². The van der Waals surface area contributed by atoms with Gasteiger partial charge in [0.05, 0.1) is 6.42 Å². The summed E-state index contributed by atoms with van der Waals surface area (Å²) in [5.41, 5.74) is 2.55. The van der Waals surface area contributed by atoms with E-state index in [4.69, 9.17) is 9.47 Å². The van der Waals surface area contributed by atoms with Gasteiger partial charge in [0.2, 0.25) is 0 Å². The second-order valence-electron chi connectivity index (χ2n) is 11.3. The normalized spacial score (nSPS) is 13.8. The number of esters is 1. The highest BCUT2D eigenvalue weighted by molar-refractivity contribution is 5.71. The predicted octanol–water partition coefficient (Wildman–Crippen LogP) is 7.90. The second kappa shape index (κ2) is 11.7. The van der Waals surface area contributed by atoms with Crippen molar-refractivity contribution in [3.05, 3.63) is 102 Å². The molecule has 0 aromatic heterocycles. The fourth-order valence-corrected chi connectivity index (χ4v) is 4.34. The lowest BCUT2D eigenvalue weighted by atomic mass is 9.96. The lowest BCUT2D eigenvalue weighted by Crippen LogP contribution is -2.34. The van der Waals surface area contributed by atoms with Crippen LogP contribution < -0.4 is 4.74 Å². The van der Waals surface area contributed by atoms with E-state index in [1.165, 1.54) is 11.1 Å². The summed E-state index contributed by atoms with van der Waals surface area (Å²) in [7, 11) is 0. The van der Waals surface area contributed by atoms with Crippen LogP contribution >= 0.6 is 0 Å². The molecular formula is C32H41NO3. The summed E-state index contributed by atoms with van der Waals surface area (Å²) in [5.74, 6) is 0.578. The van der Waals surface area contributed by atoms with E-state index in [0.717, 1.165) is 11.3 Å². The molecule has 0 fully saturated rings. The zero-order chi connectivity index (χ0) is 26.3. The minimum Gasteiger partial charge on any atom is -0.488 e. The van der Waals surface area contributed by atoms with E-state index < -0.39 is 5.60 Å². The molecular weight excluding hydrogens is 446 g/mol. The molecule has 0 radical (unpaired) electrons. The van der Waals surface area contributed by atoms with Gasteiger partial charge in [0.25, 0.3) is 0 Å². The smallest absolute Gasteiger partial charge is 0.308 e. The molecule has 36 heavy (non-hydrogen) atoms. The van der Waals surface area contributed by atoms with Crippen molar-refractivity contribution in [3.63, 3.8) is 0 Å². The zero-order valence-electron chi connectivity index (χ0n) is 22.8. The zero-order valence-corrected chi connectivity index (χ0v) is 22.8. The van der Waals surface area contributed by atoms with E-state index in [9.17, 15) is 4.79 Å². The molecule has 0 N–H and O–H groups in total. The molecule has 192 valence electrons. The van der Waals surface area contributed by atoms with Gasteiger partial charge in [-0.3, -0.25) is 9.69 Å². The number of hydrogen-bond donors (Lipinski definition) is 0. The van der Waals surface area contributed by atoms with Crippen molar-refractivity contribution in [3.8, 4) is 5.75 Å². The summed E-state index contributed by atoms with van der Waals surface area (Å²) in [6.45, 7) is 14.7. The highest BCUT2D eigenvalue weighted by Gasteiger charge is 2.31. The van der Waals surface area contributed by atoms with Gasteiger partial charge in [-0.05, 0) is 77.3 Å². The van der Waals surface area contributed by atoms with E-state index in [2.05, 4.69) is 72.5 Å². The number of carbonyl (C=O) groups is 1. The van der Waals surface area contributed by atoms with E-state index in [1.54, 1.807) is 0 Å². The Balaban J connectivity index is 2.07. The average Bonchev–Trinajstić information content (AvgIpc) is 2.80. The van der Waals surface area contributed by atoms with Gasteiger partial charge in [0.15, 0.2) is 0 Å². The van der Waals surface area contributed by atoms with Gasteiger partial charge in [-0.2, -0.15) is 0 Å². The first kappa shape index (κ1) is 27.5. The number of nitrogens with zero attached hydrogens (tertiary/aromatic N) is 1. The van der Waals surface area contributed by atoms with Gasteiger partial charge in [-0.25, -0.2) is 0 Å². The maximum Gasteiger partial charge on any atom is 0.308 e. The SMILES string of the molecule is C[C@H](c1ccccc1)N(Cc1ccccc1)[C@@H](CC(=O)OC(C)(C)C)c1cccc(OC(C)(C)C)c1. The molecule has 0 saturated carbocycles. The Labute approximate surface area is 217 Å². The molecule has 4 nitrogen and oxygen atoms in total. The van der Waals surface area contributed by atoms with Crippen molar-refractivity contribution >= 4 is 5.97 Å². The van der Waals surface area contributed by atoms with Crippen molar-refractivity contribution in [2.24, 2.45) is 0 Å². The van der Waals surface area contributed by atoms with Crippen LogP contribution in [0.15, 0.2) is 84.9 Å². The standard InChI is InChI=1S/C32H41NO3/c1-24(26-17-12-9-13-18-26)33(23-25-15-10-8-11-16-25)29(22-30(34)36-32(5,6)7)27-19-14-20-28(21-27)35-31(2,3)4/h8-21,24,29H,22-23H2,1-7H3/t24-,29+/m1/s1. The Morgan fingerprint density at radius 2 is 1.36 bits per heavy atom. The number of rotatable bonds is 9. The number of carbonyl (C=O) groups excluding carboxylic acids is 1. The Bertz CT molecular complexity index is 1100. The van der Waals surface area contributed by atoms with Crippen LogP contribution in [0.4, 0.5) is 0 Å². The van der Waals surface area contributed by atoms with Crippen LogP contribution in [-0.2, 0) is 16.1 Å². The van der Waals surface area contributed by atoms with Crippen LogP contribution in [0.1, 0.15) is 83.7 Å². The molecule has 0 bridgehead atoms. The van der Waals surface area contributed by atoms with Gasteiger partial charge in [-0.15, -0.1) is 0 Å². The number of hydrogen-bond acceptors (Lipinski definition) is 4. The lowest BCUT2D eigenvalue weighted by molar-refractivity contribution is -0.156. The minimum atomic E-state index is -0.547. The molecule has 0 amide bonds. The van der Waals surface area contributed by atoms with E-state index in [-0.39, 0.29) is 30.1 Å². The van der Waals surface area contributed by atoms with Crippen LogP contribution in [0.3, 0.4) is 0 Å². The van der Waals surface area contributed by atoms with E-state index >= 15 is 0 Å². The monoisotopic (exact) mass is 487 g/mol. The van der Waals surface area contributed by atoms with Crippen molar-refractivity contribution < 1.29 is 14.3 Å². The molecule has 2 atom stereocenters. The highest BCUT2D eigenvalue weighted by atomic mass is 16.6. The fraction of sp³-hybridized carbons (Fsp3) is 0.406. The molecule has 0 saturated heterocycles. The van der Waals surface area contributed by atoms with Gasteiger partial charge in [0, 0.05) is 18.6 Å².